The molecule has 0 fully saturated rings. The molecule has 0 saturated heterocycles. The third kappa shape index (κ3) is 5.54. The number of ether oxygens (including phenoxy) is 2. The maximum Gasteiger partial charge on any atom is 0.379 e. The van der Waals surface area contributed by atoms with Gasteiger partial charge in [-0.25, -0.2) is 14.6 Å². The Morgan fingerprint density at radius 1 is 1.25 bits per heavy atom. The maximum absolute atomic E-state index is 11.9. The minimum absolute atomic E-state index is 0.0536. The molecule has 0 bridgehead atoms. The summed E-state index contributed by atoms with van der Waals surface area (Å²) in [5.74, 6) is -3.03. The number of hydrogen-bond acceptors (Lipinski definition) is 8. The van der Waals surface area contributed by atoms with Crippen LogP contribution in [-0.4, -0.2) is 40.0 Å². The number of aromatic nitrogens is 1. The van der Waals surface area contributed by atoms with Gasteiger partial charge in [0.05, 0.1) is 12.8 Å². The second-order valence-electron chi connectivity index (χ2n) is 6.73. The first-order chi connectivity index (χ1) is 13.1. The van der Waals surface area contributed by atoms with Gasteiger partial charge in [-0.1, -0.05) is 12.1 Å². The second-order valence-corrected chi connectivity index (χ2v) is 6.73. The fraction of sp³-hybridized carbons (Fsp3) is 0.300. The number of esters is 2. The highest BCUT2D eigenvalue weighted by Gasteiger charge is 2.22. The molecule has 0 aliphatic rings. The van der Waals surface area contributed by atoms with Gasteiger partial charge in [-0.05, 0) is 39.8 Å². The molecule has 0 saturated carbocycles. The van der Waals surface area contributed by atoms with Gasteiger partial charge >= 0.3 is 11.9 Å². The Balaban J connectivity index is 2.21. The van der Waals surface area contributed by atoms with Crippen molar-refractivity contribution in [1.29, 1.82) is 0 Å². The van der Waals surface area contributed by atoms with E-state index in [9.17, 15) is 19.5 Å². The molecule has 0 amide bonds. The molecular formula is C20H21NO7. The summed E-state index contributed by atoms with van der Waals surface area (Å²) in [5.41, 5.74) is -0.111. The van der Waals surface area contributed by atoms with Crippen LogP contribution in [0.3, 0.4) is 0 Å². The van der Waals surface area contributed by atoms with Crippen LogP contribution in [0.2, 0.25) is 0 Å². The van der Waals surface area contributed by atoms with Gasteiger partial charge in [-0.2, -0.15) is 0 Å². The van der Waals surface area contributed by atoms with Crippen molar-refractivity contribution in [3.05, 3.63) is 47.9 Å². The summed E-state index contributed by atoms with van der Waals surface area (Å²) in [5, 5.41) is 10.2. The van der Waals surface area contributed by atoms with Crippen molar-refractivity contribution in [3.63, 3.8) is 0 Å². The monoisotopic (exact) mass is 387 g/mol. The lowest BCUT2D eigenvalue weighted by Crippen LogP contribution is -2.28. The molecule has 1 N–H and O–H groups in total. The molecule has 148 valence electrons. The molecular weight excluding hydrogens is 366 g/mol. The highest BCUT2D eigenvalue weighted by Crippen LogP contribution is 2.23. The Bertz CT molecular complexity index is 919. The van der Waals surface area contributed by atoms with E-state index in [-0.39, 0.29) is 23.8 Å². The summed E-state index contributed by atoms with van der Waals surface area (Å²) in [4.78, 5) is 39.3. The molecule has 0 radical (unpaired) electrons. The van der Waals surface area contributed by atoms with Crippen molar-refractivity contribution in [2.24, 2.45) is 0 Å². The summed E-state index contributed by atoms with van der Waals surface area (Å²) in [6, 6.07) is 6.27. The Morgan fingerprint density at radius 3 is 2.61 bits per heavy atom. The number of nitrogens with zero attached hydrogens (tertiary/aromatic N) is 1. The lowest BCUT2D eigenvalue weighted by Gasteiger charge is -2.18. The predicted octanol–water partition coefficient (Wildman–Crippen LogP) is 3.33. The molecule has 8 nitrogen and oxygen atoms in total. The third-order valence-corrected chi connectivity index (χ3v) is 3.26. The molecule has 2 aromatic rings. The fourth-order valence-electron chi connectivity index (χ4n) is 2.11. The lowest BCUT2D eigenvalue weighted by atomic mass is 10.1. The van der Waals surface area contributed by atoms with Crippen LogP contribution in [0, 0.1) is 0 Å². The van der Waals surface area contributed by atoms with E-state index in [1.807, 2.05) is 0 Å². The van der Waals surface area contributed by atoms with E-state index in [2.05, 4.69) is 4.98 Å². The molecule has 8 heteroatoms. The largest absolute Gasteiger partial charge is 0.507 e. The van der Waals surface area contributed by atoms with E-state index >= 15 is 0 Å². The number of benzene rings is 1. The van der Waals surface area contributed by atoms with Gasteiger partial charge in [0.15, 0.2) is 0 Å². The Labute approximate surface area is 161 Å². The van der Waals surface area contributed by atoms with Crippen molar-refractivity contribution >= 4 is 23.5 Å². The molecule has 0 aliphatic carbocycles. The van der Waals surface area contributed by atoms with Crippen LogP contribution in [0.5, 0.6) is 0 Å². The molecule has 0 spiro atoms. The van der Waals surface area contributed by atoms with Gasteiger partial charge in [0.25, 0.3) is 5.78 Å². The van der Waals surface area contributed by atoms with E-state index in [4.69, 9.17) is 13.9 Å². The number of hydrogen-bond donors (Lipinski definition) is 1. The summed E-state index contributed by atoms with van der Waals surface area (Å²) in [6.07, 6.45) is 2.02. The highest BCUT2D eigenvalue weighted by molar-refractivity contribution is 6.39. The summed E-state index contributed by atoms with van der Waals surface area (Å²) < 4.78 is 15.2. The first kappa shape index (κ1) is 20.9. The molecule has 0 aliphatic heterocycles. The Kier molecular flexibility index (Phi) is 6.35. The molecule has 0 unspecified atom stereocenters. The molecule has 1 aromatic heterocycles. The average molecular weight is 387 g/mol. The predicted molar refractivity (Wildman–Crippen MR) is 99.4 cm³/mol. The van der Waals surface area contributed by atoms with Crippen molar-refractivity contribution in [2.45, 2.75) is 33.3 Å². The van der Waals surface area contributed by atoms with Gasteiger partial charge in [0.2, 0.25) is 11.7 Å². The number of aliphatic hydroxyl groups is 1. The van der Waals surface area contributed by atoms with Crippen LogP contribution >= 0.6 is 0 Å². The van der Waals surface area contributed by atoms with Crippen LogP contribution in [0.1, 0.15) is 43.8 Å². The van der Waals surface area contributed by atoms with E-state index in [1.165, 1.54) is 18.3 Å². The standard InChI is InChI=1S/C20H21NO7/c1-5-26-19(25)16-11-21-17(27-16)13-8-6-7-12(9-13)14(22)10-15(23)18(24)28-20(2,3)4/h6-11,22H,5H2,1-4H3. The molecule has 1 aromatic carbocycles. The number of carbonyl (C=O) groups is 3. The third-order valence-electron chi connectivity index (χ3n) is 3.26. The fourth-order valence-corrected chi connectivity index (χ4v) is 2.11. The lowest BCUT2D eigenvalue weighted by molar-refractivity contribution is -0.160. The summed E-state index contributed by atoms with van der Waals surface area (Å²) in [7, 11) is 0. The quantitative estimate of drug-likeness (QED) is 0.347. The van der Waals surface area contributed by atoms with Gasteiger partial charge < -0.3 is 19.0 Å². The average Bonchev–Trinajstić information content (AvgIpc) is 3.11. The van der Waals surface area contributed by atoms with Crippen molar-refractivity contribution in [2.75, 3.05) is 6.61 Å². The van der Waals surface area contributed by atoms with Crippen LogP contribution in [0.4, 0.5) is 0 Å². The number of rotatable bonds is 6. The van der Waals surface area contributed by atoms with Crippen molar-refractivity contribution < 1.29 is 33.4 Å². The minimum atomic E-state index is -1.07. The van der Waals surface area contributed by atoms with Crippen molar-refractivity contribution in [3.8, 4) is 11.5 Å². The number of oxazole rings is 1. The molecule has 28 heavy (non-hydrogen) atoms. The number of carbonyl (C=O) groups excluding carboxylic acids is 3. The van der Waals surface area contributed by atoms with Crippen LogP contribution in [0.25, 0.3) is 17.2 Å². The number of aliphatic hydroxyl groups excluding tert-OH is 1. The summed E-state index contributed by atoms with van der Waals surface area (Å²) in [6.45, 7) is 6.77. The first-order valence-corrected chi connectivity index (χ1v) is 8.52. The maximum atomic E-state index is 11.9. The zero-order valence-corrected chi connectivity index (χ0v) is 16.0. The first-order valence-electron chi connectivity index (χ1n) is 8.52. The van der Waals surface area contributed by atoms with Gasteiger partial charge in [0.1, 0.15) is 11.4 Å². The Morgan fingerprint density at radius 2 is 1.96 bits per heavy atom. The second kappa shape index (κ2) is 8.51. The highest BCUT2D eigenvalue weighted by atomic mass is 16.6. The van der Waals surface area contributed by atoms with Crippen molar-refractivity contribution in [1.82, 2.24) is 4.98 Å². The molecule has 2 rings (SSSR count). The van der Waals surface area contributed by atoms with E-state index < -0.39 is 29.1 Å². The van der Waals surface area contributed by atoms with Gasteiger partial charge in [-0.15, -0.1) is 0 Å². The van der Waals surface area contributed by atoms with Crippen LogP contribution < -0.4 is 0 Å². The van der Waals surface area contributed by atoms with E-state index in [0.717, 1.165) is 6.08 Å². The van der Waals surface area contributed by atoms with Gasteiger partial charge in [0, 0.05) is 17.2 Å². The molecule has 1 heterocycles. The normalized spacial score (nSPS) is 11.8. The molecule has 0 atom stereocenters. The van der Waals surface area contributed by atoms with E-state index in [1.54, 1.807) is 39.8 Å². The summed E-state index contributed by atoms with van der Waals surface area (Å²) >= 11 is 0. The van der Waals surface area contributed by atoms with Crippen LogP contribution in [-0.2, 0) is 19.1 Å². The SMILES string of the molecule is CCOC(=O)c1cnc(-c2cccc(C(O)=CC(=O)C(=O)OC(C)(C)C)c2)o1. The zero-order chi connectivity index (χ0) is 20.9. The zero-order valence-electron chi connectivity index (χ0n) is 16.0. The Hall–Kier alpha value is -3.42. The smallest absolute Gasteiger partial charge is 0.379 e. The topological polar surface area (TPSA) is 116 Å². The number of ketones is 1. The minimum Gasteiger partial charge on any atom is -0.507 e. The van der Waals surface area contributed by atoms with Gasteiger partial charge in [-0.3, -0.25) is 4.79 Å². The van der Waals surface area contributed by atoms with E-state index in [0.29, 0.717) is 5.56 Å². The van der Waals surface area contributed by atoms with Crippen LogP contribution in [0.15, 0.2) is 41.0 Å².